The number of hydrogen-bond acceptors (Lipinski definition) is 6. The van der Waals surface area contributed by atoms with Gasteiger partial charge in [0, 0.05) is 36.9 Å². The molecular formula is C27H42N4O5S. The van der Waals surface area contributed by atoms with E-state index >= 15 is 0 Å². The van der Waals surface area contributed by atoms with E-state index in [1.807, 2.05) is 0 Å². The summed E-state index contributed by atoms with van der Waals surface area (Å²) in [6.45, 7) is 7.12. The van der Waals surface area contributed by atoms with Crippen molar-refractivity contribution in [2.75, 3.05) is 30.9 Å². The molecule has 2 aliphatic carbocycles. The van der Waals surface area contributed by atoms with Crippen molar-refractivity contribution < 1.29 is 22.7 Å². The maximum Gasteiger partial charge on any atom is 0.343 e. The van der Waals surface area contributed by atoms with Crippen molar-refractivity contribution in [3.8, 4) is 0 Å². The quantitative estimate of drug-likeness (QED) is 0.483. The fourth-order valence-electron chi connectivity index (χ4n) is 5.80. The average molecular weight is 535 g/mol. The number of ether oxygens (including phenoxy) is 1. The standard InChI is InChI=1S/C27H42N4O5S/c1-5-36-27(33)24-18-30(22-12-8-20(3)9-13-22)28-25(24)31(26(32)21-10-6-19(2)7-11-21)23-14-16-29(17-15-23)37(4,34)35/h12,18-21,23H,5-11,13-17H2,1-4H3. The first-order chi connectivity index (χ1) is 17.6. The van der Waals surface area contributed by atoms with Gasteiger partial charge < -0.3 is 4.74 Å². The molecule has 3 aliphatic rings. The van der Waals surface area contributed by atoms with Crippen LogP contribution in [0.1, 0.15) is 88.9 Å². The molecule has 0 N–H and O–H groups in total. The van der Waals surface area contributed by atoms with Crippen LogP contribution in [0.2, 0.25) is 0 Å². The molecule has 1 saturated carbocycles. The van der Waals surface area contributed by atoms with Gasteiger partial charge in [-0.05, 0) is 76.5 Å². The molecule has 0 aromatic carbocycles. The molecule has 9 nitrogen and oxygen atoms in total. The van der Waals surface area contributed by atoms with Crippen LogP contribution in [0.3, 0.4) is 0 Å². The van der Waals surface area contributed by atoms with Gasteiger partial charge in [0.25, 0.3) is 0 Å². The minimum atomic E-state index is -3.30. The normalized spacial score (nSPS) is 25.9. The van der Waals surface area contributed by atoms with Crippen LogP contribution in [0.25, 0.3) is 5.70 Å². The van der Waals surface area contributed by atoms with E-state index < -0.39 is 16.0 Å². The highest BCUT2D eigenvalue weighted by Gasteiger charge is 2.39. The van der Waals surface area contributed by atoms with Crippen molar-refractivity contribution in [2.24, 2.45) is 17.8 Å². The Morgan fingerprint density at radius 3 is 2.30 bits per heavy atom. The first kappa shape index (κ1) is 27.8. The predicted molar refractivity (Wildman–Crippen MR) is 144 cm³/mol. The zero-order valence-electron chi connectivity index (χ0n) is 22.7. The number of carbonyl (C=O) groups excluding carboxylic acids is 2. The van der Waals surface area contributed by atoms with Crippen molar-refractivity contribution in [1.82, 2.24) is 14.1 Å². The molecule has 206 valence electrons. The number of amides is 1. The van der Waals surface area contributed by atoms with Gasteiger partial charge in [-0.3, -0.25) is 9.69 Å². The summed E-state index contributed by atoms with van der Waals surface area (Å²) in [4.78, 5) is 29.0. The van der Waals surface area contributed by atoms with Crippen LogP contribution in [0.15, 0.2) is 12.3 Å². The van der Waals surface area contributed by atoms with Crippen LogP contribution in [0, 0.1) is 17.8 Å². The summed E-state index contributed by atoms with van der Waals surface area (Å²) < 4.78 is 32.9. The van der Waals surface area contributed by atoms with E-state index in [4.69, 9.17) is 9.84 Å². The number of aromatic nitrogens is 2. The Bertz CT molecular complexity index is 1110. The molecule has 0 spiro atoms. The van der Waals surface area contributed by atoms with E-state index in [9.17, 15) is 18.0 Å². The number of carbonyl (C=O) groups is 2. The summed E-state index contributed by atoms with van der Waals surface area (Å²) in [6, 6.07) is -0.235. The van der Waals surface area contributed by atoms with E-state index in [1.165, 1.54) is 10.6 Å². The lowest BCUT2D eigenvalue weighted by atomic mass is 9.82. The van der Waals surface area contributed by atoms with E-state index in [0.29, 0.717) is 49.1 Å². The molecule has 1 aromatic rings. The van der Waals surface area contributed by atoms with Gasteiger partial charge >= 0.3 is 5.97 Å². The molecular weight excluding hydrogens is 492 g/mol. The minimum Gasteiger partial charge on any atom is -0.462 e. The fraction of sp³-hybridized carbons (Fsp3) is 0.741. The zero-order valence-corrected chi connectivity index (χ0v) is 23.5. The molecule has 1 aliphatic heterocycles. The predicted octanol–water partition coefficient (Wildman–Crippen LogP) is 4.30. The second kappa shape index (κ2) is 11.7. The maximum absolute atomic E-state index is 14.1. The first-order valence-corrected chi connectivity index (χ1v) is 15.7. The van der Waals surface area contributed by atoms with Crippen molar-refractivity contribution >= 4 is 33.4 Å². The van der Waals surface area contributed by atoms with Gasteiger partial charge in [0.1, 0.15) is 5.56 Å². The summed E-state index contributed by atoms with van der Waals surface area (Å²) in [5.41, 5.74) is 1.32. The Labute approximate surface area is 221 Å². The van der Waals surface area contributed by atoms with Crippen LogP contribution in [-0.2, 0) is 19.6 Å². The molecule has 2 heterocycles. The number of anilines is 1. The molecule has 1 aromatic heterocycles. The van der Waals surface area contributed by atoms with E-state index in [1.54, 1.807) is 22.7 Å². The lowest BCUT2D eigenvalue weighted by Crippen LogP contribution is -2.51. The highest BCUT2D eigenvalue weighted by Crippen LogP contribution is 2.35. The number of rotatable bonds is 7. The molecule has 1 atom stereocenters. The topological polar surface area (TPSA) is 102 Å². The summed E-state index contributed by atoms with van der Waals surface area (Å²) in [5.74, 6) is 0.933. The summed E-state index contributed by atoms with van der Waals surface area (Å²) >= 11 is 0. The smallest absolute Gasteiger partial charge is 0.343 e. The molecule has 4 rings (SSSR count). The summed E-state index contributed by atoms with van der Waals surface area (Å²) in [5, 5.41) is 4.86. The Hall–Kier alpha value is -2.20. The molecule has 0 radical (unpaired) electrons. The number of sulfonamides is 1. The lowest BCUT2D eigenvalue weighted by molar-refractivity contribution is -0.124. The van der Waals surface area contributed by atoms with E-state index in [0.717, 1.165) is 50.6 Å². The summed E-state index contributed by atoms with van der Waals surface area (Å²) in [6.07, 6.45) is 12.6. The molecule has 1 amide bonds. The third-order valence-electron chi connectivity index (χ3n) is 8.22. The fourth-order valence-corrected chi connectivity index (χ4v) is 6.67. The maximum atomic E-state index is 14.1. The monoisotopic (exact) mass is 534 g/mol. The average Bonchev–Trinajstić information content (AvgIpc) is 3.30. The number of esters is 1. The number of hydrogen-bond donors (Lipinski definition) is 0. The third-order valence-corrected chi connectivity index (χ3v) is 9.52. The lowest BCUT2D eigenvalue weighted by Gasteiger charge is -2.39. The van der Waals surface area contributed by atoms with Gasteiger partial charge in [-0.2, -0.15) is 0 Å². The zero-order chi connectivity index (χ0) is 26.7. The second-order valence-corrected chi connectivity index (χ2v) is 13.1. The Balaban J connectivity index is 1.72. The van der Waals surface area contributed by atoms with Gasteiger partial charge in [0.2, 0.25) is 15.9 Å². The van der Waals surface area contributed by atoms with Crippen LogP contribution in [-0.4, -0.2) is 66.4 Å². The van der Waals surface area contributed by atoms with Crippen molar-refractivity contribution in [3.63, 3.8) is 0 Å². The number of piperidine rings is 1. The summed E-state index contributed by atoms with van der Waals surface area (Å²) in [7, 11) is -3.30. The van der Waals surface area contributed by atoms with Gasteiger partial charge in [0.05, 0.1) is 12.9 Å². The molecule has 1 saturated heterocycles. The van der Waals surface area contributed by atoms with Crippen molar-refractivity contribution in [3.05, 3.63) is 17.8 Å². The Morgan fingerprint density at radius 2 is 1.73 bits per heavy atom. The molecule has 10 heteroatoms. The van der Waals surface area contributed by atoms with Crippen LogP contribution < -0.4 is 4.90 Å². The highest BCUT2D eigenvalue weighted by molar-refractivity contribution is 7.88. The molecule has 1 unspecified atom stereocenters. The highest BCUT2D eigenvalue weighted by atomic mass is 32.2. The van der Waals surface area contributed by atoms with Gasteiger partial charge in [0.15, 0.2) is 5.82 Å². The third kappa shape index (κ3) is 6.45. The second-order valence-electron chi connectivity index (χ2n) is 11.2. The van der Waals surface area contributed by atoms with Crippen LogP contribution >= 0.6 is 0 Å². The van der Waals surface area contributed by atoms with Crippen LogP contribution in [0.5, 0.6) is 0 Å². The molecule has 0 bridgehead atoms. The molecule has 2 fully saturated rings. The van der Waals surface area contributed by atoms with Gasteiger partial charge in [-0.15, -0.1) is 5.10 Å². The van der Waals surface area contributed by atoms with Crippen molar-refractivity contribution in [2.45, 2.75) is 84.6 Å². The van der Waals surface area contributed by atoms with E-state index in [-0.39, 0.29) is 24.5 Å². The van der Waals surface area contributed by atoms with Gasteiger partial charge in [-0.25, -0.2) is 22.2 Å². The Morgan fingerprint density at radius 1 is 1.05 bits per heavy atom. The van der Waals surface area contributed by atoms with Crippen LogP contribution in [0.4, 0.5) is 5.82 Å². The molecule has 37 heavy (non-hydrogen) atoms. The minimum absolute atomic E-state index is 0.00764. The SMILES string of the molecule is CCOC(=O)c1cn(C2=CCC(C)CC2)nc1N(C(=O)C1CCC(C)CC1)C1CCN(S(C)(=O)=O)CC1. The van der Waals surface area contributed by atoms with Gasteiger partial charge in [-0.1, -0.05) is 19.9 Å². The largest absolute Gasteiger partial charge is 0.462 e. The first-order valence-electron chi connectivity index (χ1n) is 13.8. The Kier molecular flexibility index (Phi) is 8.78. The number of nitrogens with zero attached hydrogens (tertiary/aromatic N) is 4. The number of allylic oxidation sites excluding steroid dienone is 2. The van der Waals surface area contributed by atoms with Crippen molar-refractivity contribution in [1.29, 1.82) is 0 Å². The van der Waals surface area contributed by atoms with E-state index in [2.05, 4.69) is 19.9 Å².